The van der Waals surface area contributed by atoms with Gasteiger partial charge in [-0.25, -0.2) is 0 Å². The molecule has 0 aliphatic heterocycles. The van der Waals surface area contributed by atoms with Crippen molar-refractivity contribution in [1.82, 2.24) is 4.57 Å². The van der Waals surface area contributed by atoms with Crippen LogP contribution in [0.5, 0.6) is 0 Å². The van der Waals surface area contributed by atoms with E-state index in [0.717, 1.165) is 12.1 Å². The summed E-state index contributed by atoms with van der Waals surface area (Å²) in [5.74, 6) is -0.990. The highest BCUT2D eigenvalue weighted by Gasteiger charge is 2.51. The molecule has 3 rings (SSSR count). The molecule has 0 atom stereocenters. The first kappa shape index (κ1) is 18.6. The lowest BCUT2D eigenvalue weighted by Gasteiger charge is -2.16. The van der Waals surface area contributed by atoms with Gasteiger partial charge in [0.2, 0.25) is 0 Å². The monoisotopic (exact) mass is 402 g/mol. The molecule has 1 aliphatic rings. The van der Waals surface area contributed by atoms with Crippen LogP contribution in [-0.2, 0) is 17.5 Å². The van der Waals surface area contributed by atoms with Crippen LogP contribution in [0.3, 0.4) is 0 Å². The molecular weight excluding hydrogens is 392 g/mol. The van der Waals surface area contributed by atoms with Crippen LogP contribution >= 0.6 is 23.2 Å². The lowest BCUT2D eigenvalue weighted by molar-refractivity contribution is -0.144. The van der Waals surface area contributed by atoms with Crippen molar-refractivity contribution in [2.75, 3.05) is 0 Å². The average molecular weight is 403 g/mol. The van der Waals surface area contributed by atoms with E-state index in [2.05, 4.69) is 0 Å². The summed E-state index contributed by atoms with van der Waals surface area (Å²) >= 11 is 12.3. The summed E-state index contributed by atoms with van der Waals surface area (Å²) in [5.41, 5.74) is -1.33. The van der Waals surface area contributed by atoms with E-state index in [1.54, 1.807) is 0 Å². The van der Waals surface area contributed by atoms with Gasteiger partial charge >= 0.3 is 12.1 Å². The van der Waals surface area contributed by atoms with E-state index in [1.807, 2.05) is 6.07 Å². The maximum Gasteiger partial charge on any atom is 0.416 e. The van der Waals surface area contributed by atoms with Gasteiger partial charge in [-0.1, -0.05) is 35.3 Å². The number of alkyl halides is 3. The minimum Gasteiger partial charge on any atom is -0.481 e. The van der Waals surface area contributed by atoms with Crippen molar-refractivity contribution in [3.8, 4) is 17.3 Å². The molecule has 1 fully saturated rings. The van der Waals surface area contributed by atoms with Crippen LogP contribution in [0.15, 0.2) is 24.3 Å². The van der Waals surface area contributed by atoms with Crippen molar-refractivity contribution >= 4 is 29.2 Å². The third kappa shape index (κ3) is 3.04. The SMILES string of the molecule is N#Cc1c(Cl)c(Cl)n(CC2(C(=O)O)CC2)c1-c1ccc(C(F)(F)F)cc1. The molecule has 0 bridgehead atoms. The van der Waals surface area contributed by atoms with Gasteiger partial charge in [0, 0.05) is 6.54 Å². The van der Waals surface area contributed by atoms with Crippen LogP contribution in [0.25, 0.3) is 11.3 Å². The number of carboxylic acid groups (broad SMARTS) is 1. The van der Waals surface area contributed by atoms with Gasteiger partial charge < -0.3 is 9.67 Å². The quantitative estimate of drug-likeness (QED) is 0.762. The second-order valence-electron chi connectivity index (χ2n) is 6.19. The first-order valence-corrected chi connectivity index (χ1v) is 8.25. The number of nitrogens with zero attached hydrogens (tertiary/aromatic N) is 2. The first-order chi connectivity index (χ1) is 12.1. The normalized spacial score (nSPS) is 15.5. The number of aromatic nitrogens is 1. The van der Waals surface area contributed by atoms with Gasteiger partial charge in [0.1, 0.15) is 11.2 Å². The van der Waals surface area contributed by atoms with E-state index in [1.165, 1.54) is 16.7 Å². The summed E-state index contributed by atoms with van der Waals surface area (Å²) in [7, 11) is 0. The van der Waals surface area contributed by atoms with E-state index in [0.29, 0.717) is 18.4 Å². The number of aliphatic carboxylic acids is 1. The zero-order chi connectivity index (χ0) is 19.3. The van der Waals surface area contributed by atoms with Crippen LogP contribution in [0.1, 0.15) is 24.0 Å². The highest BCUT2D eigenvalue weighted by Crippen LogP contribution is 2.50. The Morgan fingerprint density at radius 2 is 1.85 bits per heavy atom. The highest BCUT2D eigenvalue weighted by atomic mass is 35.5. The van der Waals surface area contributed by atoms with Crippen LogP contribution in [0.2, 0.25) is 10.2 Å². The predicted octanol–water partition coefficient (Wildman–Crippen LogP) is 5.22. The Hall–Kier alpha value is -2.17. The minimum absolute atomic E-state index is 0.00221. The number of hydrogen-bond acceptors (Lipinski definition) is 2. The number of carbonyl (C=O) groups is 1. The van der Waals surface area contributed by atoms with Crippen LogP contribution in [0, 0.1) is 16.7 Å². The van der Waals surface area contributed by atoms with Gasteiger partial charge in [0.25, 0.3) is 0 Å². The summed E-state index contributed by atoms with van der Waals surface area (Å²) in [6.07, 6.45) is -3.60. The summed E-state index contributed by atoms with van der Waals surface area (Å²) in [6.45, 7) is -0.0150. The number of carboxylic acids is 1. The molecule has 1 N–H and O–H groups in total. The third-order valence-corrected chi connectivity index (χ3v) is 5.37. The molecule has 26 heavy (non-hydrogen) atoms. The third-order valence-electron chi connectivity index (χ3n) is 4.51. The van der Waals surface area contributed by atoms with Crippen molar-refractivity contribution < 1.29 is 23.1 Å². The van der Waals surface area contributed by atoms with Gasteiger partial charge in [0.15, 0.2) is 0 Å². The van der Waals surface area contributed by atoms with Gasteiger partial charge in [-0.2, -0.15) is 18.4 Å². The Balaban J connectivity index is 2.13. The molecule has 0 unspecified atom stereocenters. The zero-order valence-electron chi connectivity index (χ0n) is 13.1. The molecule has 136 valence electrons. The largest absolute Gasteiger partial charge is 0.481 e. The number of benzene rings is 1. The number of nitriles is 1. The molecule has 4 nitrogen and oxygen atoms in total. The van der Waals surface area contributed by atoms with Crippen molar-refractivity contribution in [2.24, 2.45) is 5.41 Å². The van der Waals surface area contributed by atoms with Crippen molar-refractivity contribution in [2.45, 2.75) is 25.6 Å². The lowest BCUT2D eigenvalue weighted by atomic mass is 10.0. The van der Waals surface area contributed by atoms with E-state index < -0.39 is 23.1 Å². The number of halogens is 5. The zero-order valence-corrected chi connectivity index (χ0v) is 14.6. The fourth-order valence-electron chi connectivity index (χ4n) is 2.82. The Kier molecular flexibility index (Phi) is 4.45. The fourth-order valence-corrected chi connectivity index (χ4v) is 3.29. The summed E-state index contributed by atoms with van der Waals surface area (Å²) in [4.78, 5) is 11.5. The predicted molar refractivity (Wildman–Crippen MR) is 88.9 cm³/mol. The lowest BCUT2D eigenvalue weighted by Crippen LogP contribution is -2.22. The molecule has 1 aromatic heterocycles. The molecule has 9 heteroatoms. The van der Waals surface area contributed by atoms with E-state index >= 15 is 0 Å². The molecule has 1 saturated carbocycles. The summed E-state index contributed by atoms with van der Waals surface area (Å²) in [6, 6.07) is 6.10. The Morgan fingerprint density at radius 1 is 1.27 bits per heavy atom. The first-order valence-electron chi connectivity index (χ1n) is 7.49. The highest BCUT2D eigenvalue weighted by molar-refractivity contribution is 6.42. The van der Waals surface area contributed by atoms with Gasteiger partial charge in [-0.15, -0.1) is 0 Å². The van der Waals surface area contributed by atoms with Gasteiger partial charge in [0.05, 0.1) is 27.3 Å². The van der Waals surface area contributed by atoms with Crippen LogP contribution in [-0.4, -0.2) is 15.6 Å². The molecule has 1 aromatic carbocycles. The topological polar surface area (TPSA) is 66.0 Å². The van der Waals surface area contributed by atoms with Gasteiger partial charge in [-0.05, 0) is 30.5 Å². The molecule has 1 heterocycles. The average Bonchev–Trinajstić information content (AvgIpc) is 3.33. The van der Waals surface area contributed by atoms with Crippen LogP contribution in [0.4, 0.5) is 13.2 Å². The molecular formula is C17H11Cl2F3N2O2. The molecule has 0 saturated heterocycles. The second-order valence-corrected chi connectivity index (χ2v) is 6.92. The smallest absolute Gasteiger partial charge is 0.416 e. The molecule has 0 spiro atoms. The second kappa shape index (κ2) is 6.22. The molecule has 2 aromatic rings. The molecule has 1 aliphatic carbocycles. The fraction of sp³-hybridized carbons (Fsp3) is 0.294. The molecule has 0 amide bonds. The van der Waals surface area contributed by atoms with E-state index in [9.17, 15) is 28.3 Å². The maximum atomic E-state index is 12.8. The van der Waals surface area contributed by atoms with Crippen molar-refractivity contribution in [1.29, 1.82) is 5.26 Å². The van der Waals surface area contributed by atoms with E-state index in [4.69, 9.17) is 23.2 Å². The minimum atomic E-state index is -4.49. The van der Waals surface area contributed by atoms with Crippen molar-refractivity contribution in [3.63, 3.8) is 0 Å². The molecule has 0 radical (unpaired) electrons. The Bertz CT molecular complexity index is 923. The Labute approximate surface area is 156 Å². The summed E-state index contributed by atoms with van der Waals surface area (Å²) < 4.78 is 39.7. The van der Waals surface area contributed by atoms with Crippen molar-refractivity contribution in [3.05, 3.63) is 45.6 Å². The summed E-state index contributed by atoms with van der Waals surface area (Å²) in [5, 5.41) is 18.7. The standard InChI is InChI=1S/C17H11Cl2F3N2O2/c18-12-11(7-23)13(9-1-3-10(4-2-9)17(20,21)22)24(14(12)19)8-16(5-6-16)15(25)26/h1-4H,5-6,8H2,(H,25,26). The van der Waals surface area contributed by atoms with Gasteiger partial charge in [-0.3, -0.25) is 4.79 Å². The maximum absolute atomic E-state index is 12.8. The number of hydrogen-bond donors (Lipinski definition) is 1. The van der Waals surface area contributed by atoms with E-state index in [-0.39, 0.29) is 28.0 Å². The number of rotatable bonds is 4. The Morgan fingerprint density at radius 3 is 2.27 bits per heavy atom. The van der Waals surface area contributed by atoms with Crippen LogP contribution < -0.4 is 0 Å².